The van der Waals surface area contributed by atoms with Crippen LogP contribution in [0.1, 0.15) is 27.2 Å². The van der Waals surface area contributed by atoms with Gasteiger partial charge in [-0.15, -0.1) is 0 Å². The molecule has 1 saturated heterocycles. The fourth-order valence-electron chi connectivity index (χ4n) is 2.45. The number of amides is 1. The molecule has 0 aliphatic carbocycles. The van der Waals surface area contributed by atoms with Crippen molar-refractivity contribution in [3.05, 3.63) is 22.4 Å². The van der Waals surface area contributed by atoms with Crippen LogP contribution >= 0.6 is 0 Å². The van der Waals surface area contributed by atoms with E-state index in [2.05, 4.69) is 25.9 Å². The third-order valence-electron chi connectivity index (χ3n) is 4.23. The zero-order valence-corrected chi connectivity index (χ0v) is 12.1. The molecule has 0 aromatic carbocycles. The Morgan fingerprint density at radius 2 is 2.30 bits per heavy atom. The predicted molar refractivity (Wildman–Crippen MR) is 73.0 cm³/mol. The van der Waals surface area contributed by atoms with Crippen LogP contribution < -0.4 is 0 Å². The molecule has 1 aliphatic heterocycles. The molecule has 0 N–H and O–H groups in total. The van der Waals surface area contributed by atoms with E-state index in [-0.39, 0.29) is 23.7 Å². The third-order valence-corrected chi connectivity index (χ3v) is 4.23. The molecular formula is C13H20N4O3. The highest BCUT2D eigenvalue weighted by molar-refractivity contribution is 5.76. The van der Waals surface area contributed by atoms with Gasteiger partial charge in [0.15, 0.2) is 0 Å². The number of nitrogens with zero attached hydrogens (tertiary/aromatic N) is 4. The Kier molecular flexibility index (Phi) is 3.78. The molecule has 7 nitrogen and oxygen atoms in total. The lowest BCUT2D eigenvalue weighted by Gasteiger charge is -2.42. The van der Waals surface area contributed by atoms with Crippen LogP contribution in [-0.4, -0.2) is 38.6 Å². The Hall–Kier alpha value is -1.92. The van der Waals surface area contributed by atoms with Crippen molar-refractivity contribution in [1.82, 2.24) is 14.7 Å². The maximum absolute atomic E-state index is 12.2. The van der Waals surface area contributed by atoms with Gasteiger partial charge in [0.05, 0.1) is 17.4 Å². The van der Waals surface area contributed by atoms with Crippen molar-refractivity contribution in [3.63, 3.8) is 0 Å². The van der Waals surface area contributed by atoms with Crippen LogP contribution in [0, 0.1) is 21.4 Å². The maximum atomic E-state index is 12.2. The topological polar surface area (TPSA) is 81.3 Å². The number of nitro groups is 1. The van der Waals surface area contributed by atoms with Crippen LogP contribution in [0.5, 0.6) is 0 Å². The van der Waals surface area contributed by atoms with Gasteiger partial charge in [-0.2, -0.15) is 4.68 Å². The predicted octanol–water partition coefficient (Wildman–Crippen LogP) is 1.69. The molecule has 0 spiro atoms. The smallest absolute Gasteiger partial charge is 0.358 e. The number of hydrogen-bond donors (Lipinski definition) is 0. The largest absolute Gasteiger partial charge is 0.389 e. The van der Waals surface area contributed by atoms with Crippen molar-refractivity contribution in [2.45, 2.75) is 33.7 Å². The number of likely N-dealkylation sites (tertiary alicyclic amines) is 1. The van der Waals surface area contributed by atoms with Crippen molar-refractivity contribution < 1.29 is 9.72 Å². The molecule has 2 rings (SSSR count). The molecule has 20 heavy (non-hydrogen) atoms. The second-order valence-electron chi connectivity index (χ2n) is 6.12. The Balaban J connectivity index is 1.99. The fourth-order valence-corrected chi connectivity index (χ4v) is 2.45. The molecule has 1 fully saturated rings. The van der Waals surface area contributed by atoms with Gasteiger partial charge in [0.1, 0.15) is 6.54 Å². The van der Waals surface area contributed by atoms with Gasteiger partial charge in [-0.3, -0.25) is 4.79 Å². The molecule has 2 heterocycles. The standard InChI is InChI=1S/C13H20N4O3/c1-10-4-6-15(9-13(10,2)3)12(18)8-16-7-5-11(14-16)17(19)20/h5,7,10H,4,6,8-9H2,1-3H3/t10-/m1/s1. The lowest BCUT2D eigenvalue weighted by Crippen LogP contribution is -2.48. The minimum absolute atomic E-state index is 0.0389. The number of piperidine rings is 1. The summed E-state index contributed by atoms with van der Waals surface area (Å²) in [5.41, 5.74) is 0.101. The van der Waals surface area contributed by atoms with Crippen molar-refractivity contribution in [2.75, 3.05) is 13.1 Å². The number of hydrogen-bond acceptors (Lipinski definition) is 4. The summed E-state index contributed by atoms with van der Waals surface area (Å²) >= 11 is 0. The van der Waals surface area contributed by atoms with Gasteiger partial charge in [-0.05, 0) is 22.7 Å². The Labute approximate surface area is 117 Å². The second kappa shape index (κ2) is 5.22. The average Bonchev–Trinajstić information content (AvgIpc) is 2.81. The minimum Gasteiger partial charge on any atom is -0.358 e. The molecule has 1 aromatic heterocycles. The van der Waals surface area contributed by atoms with E-state index in [1.54, 1.807) is 0 Å². The van der Waals surface area contributed by atoms with Gasteiger partial charge in [0, 0.05) is 13.1 Å². The fraction of sp³-hybridized carbons (Fsp3) is 0.692. The highest BCUT2D eigenvalue weighted by Gasteiger charge is 2.35. The van der Waals surface area contributed by atoms with E-state index in [1.165, 1.54) is 16.9 Å². The normalized spacial score (nSPS) is 21.8. The van der Waals surface area contributed by atoms with Gasteiger partial charge in [-0.25, -0.2) is 0 Å². The minimum atomic E-state index is -0.563. The van der Waals surface area contributed by atoms with Crippen LogP contribution in [0.4, 0.5) is 5.82 Å². The molecule has 0 radical (unpaired) electrons. The van der Waals surface area contributed by atoms with Gasteiger partial charge < -0.3 is 15.0 Å². The summed E-state index contributed by atoms with van der Waals surface area (Å²) in [6.45, 7) is 8.05. The summed E-state index contributed by atoms with van der Waals surface area (Å²) in [5.74, 6) is 0.311. The molecule has 1 aliphatic rings. The first-order valence-corrected chi connectivity index (χ1v) is 6.75. The van der Waals surface area contributed by atoms with Gasteiger partial charge >= 0.3 is 5.82 Å². The van der Waals surface area contributed by atoms with E-state index in [9.17, 15) is 14.9 Å². The number of aromatic nitrogens is 2. The van der Waals surface area contributed by atoms with Crippen LogP contribution in [0.25, 0.3) is 0 Å². The van der Waals surface area contributed by atoms with E-state index in [0.717, 1.165) is 19.5 Å². The summed E-state index contributed by atoms with van der Waals surface area (Å²) in [5, 5.41) is 14.3. The lowest BCUT2D eigenvalue weighted by molar-refractivity contribution is -0.389. The van der Waals surface area contributed by atoms with E-state index >= 15 is 0 Å². The van der Waals surface area contributed by atoms with Gasteiger partial charge in [-0.1, -0.05) is 20.8 Å². The quantitative estimate of drug-likeness (QED) is 0.623. The molecule has 0 unspecified atom stereocenters. The SMILES string of the molecule is C[C@@H]1CCN(C(=O)Cn2ccc([N+](=O)[O-])n2)CC1(C)C. The summed E-state index contributed by atoms with van der Waals surface area (Å²) in [6, 6.07) is 1.30. The summed E-state index contributed by atoms with van der Waals surface area (Å²) in [6.07, 6.45) is 2.45. The molecule has 0 bridgehead atoms. The first-order chi connectivity index (χ1) is 9.29. The molecule has 110 valence electrons. The van der Waals surface area contributed by atoms with Crippen molar-refractivity contribution in [1.29, 1.82) is 0 Å². The van der Waals surface area contributed by atoms with Crippen LogP contribution in [0.3, 0.4) is 0 Å². The van der Waals surface area contributed by atoms with Crippen LogP contribution in [0.15, 0.2) is 12.3 Å². The highest BCUT2D eigenvalue weighted by Crippen LogP contribution is 2.34. The molecule has 1 atom stereocenters. The number of carbonyl (C=O) groups excluding carboxylic acids is 1. The van der Waals surface area contributed by atoms with E-state index in [4.69, 9.17) is 0 Å². The maximum Gasteiger partial charge on any atom is 0.389 e. The summed E-state index contributed by atoms with van der Waals surface area (Å²) in [4.78, 5) is 24.1. The third kappa shape index (κ3) is 2.97. The molecule has 0 saturated carbocycles. The Morgan fingerprint density at radius 3 is 2.85 bits per heavy atom. The zero-order valence-electron chi connectivity index (χ0n) is 12.1. The molecular weight excluding hydrogens is 260 g/mol. The monoisotopic (exact) mass is 280 g/mol. The summed E-state index contributed by atoms with van der Waals surface area (Å²) in [7, 11) is 0. The molecule has 1 aromatic rings. The van der Waals surface area contributed by atoms with Crippen molar-refractivity contribution >= 4 is 11.7 Å². The van der Waals surface area contributed by atoms with E-state index < -0.39 is 4.92 Å². The van der Waals surface area contributed by atoms with Crippen molar-refractivity contribution in [2.24, 2.45) is 11.3 Å². The first kappa shape index (κ1) is 14.5. The van der Waals surface area contributed by atoms with Gasteiger partial charge in [0.25, 0.3) is 0 Å². The Bertz CT molecular complexity index is 523. The van der Waals surface area contributed by atoms with Crippen molar-refractivity contribution in [3.8, 4) is 0 Å². The molecule has 7 heteroatoms. The second-order valence-corrected chi connectivity index (χ2v) is 6.12. The summed E-state index contributed by atoms with van der Waals surface area (Å²) < 4.78 is 1.32. The van der Waals surface area contributed by atoms with E-state index in [0.29, 0.717) is 5.92 Å². The average molecular weight is 280 g/mol. The van der Waals surface area contributed by atoms with E-state index in [1.807, 2.05) is 4.90 Å². The van der Waals surface area contributed by atoms with Gasteiger partial charge in [0.2, 0.25) is 5.91 Å². The zero-order chi connectivity index (χ0) is 14.9. The number of rotatable bonds is 3. The highest BCUT2D eigenvalue weighted by atomic mass is 16.6. The lowest BCUT2D eigenvalue weighted by atomic mass is 9.75. The Morgan fingerprint density at radius 1 is 1.60 bits per heavy atom. The molecule has 1 amide bonds. The number of carbonyl (C=O) groups is 1. The van der Waals surface area contributed by atoms with Crippen LogP contribution in [0.2, 0.25) is 0 Å². The van der Waals surface area contributed by atoms with Crippen LogP contribution in [-0.2, 0) is 11.3 Å². The first-order valence-electron chi connectivity index (χ1n) is 6.75.